The van der Waals surface area contributed by atoms with E-state index >= 15 is 0 Å². The summed E-state index contributed by atoms with van der Waals surface area (Å²) in [6.07, 6.45) is 0. The fourth-order valence-corrected chi connectivity index (χ4v) is 12.3. The van der Waals surface area contributed by atoms with Crippen molar-refractivity contribution in [1.82, 2.24) is 4.57 Å². The van der Waals surface area contributed by atoms with E-state index in [2.05, 4.69) is 349 Å². The molecular weight excluding hydrogens is 981 g/mol. The molecule has 0 aliphatic heterocycles. The standard InChI is InChI=1S/C77H58N4/c1-77(2)72-36-22-21-35-69(72)70-51-50-68(54-73(70)77)80(61-31-17-7-18-32-61)67-48-46-66(47-49-67)79(65-44-42-64(43-45-65)78(59-27-13-5-14-28-59)60-29-15-6-16-30-60)63-40-37-55(38-41-63)58-39-52-74-71(53-58)75(56-23-9-3-10-24-56)76(57-25-11-4-12-26-57)81(74)62-33-19-8-20-34-62/h3-54H,1-2H3. The lowest BCUT2D eigenvalue weighted by Crippen LogP contribution is -2.16. The van der Waals surface area contributed by atoms with E-state index in [1.54, 1.807) is 0 Å². The van der Waals surface area contributed by atoms with Crippen molar-refractivity contribution in [1.29, 1.82) is 0 Å². The Morgan fingerprint density at radius 2 is 0.642 bits per heavy atom. The van der Waals surface area contributed by atoms with Crippen LogP contribution >= 0.6 is 0 Å². The molecule has 0 spiro atoms. The van der Waals surface area contributed by atoms with E-state index in [1.165, 1.54) is 50.0 Å². The molecular formula is C77H58N4. The highest BCUT2D eigenvalue weighted by molar-refractivity contribution is 6.07. The lowest BCUT2D eigenvalue weighted by atomic mass is 9.82. The van der Waals surface area contributed by atoms with Crippen LogP contribution in [0, 0.1) is 0 Å². The lowest BCUT2D eigenvalue weighted by molar-refractivity contribution is 0.660. The number of aromatic nitrogens is 1. The maximum absolute atomic E-state index is 2.43. The summed E-state index contributed by atoms with van der Waals surface area (Å²) in [5, 5.41) is 1.20. The van der Waals surface area contributed by atoms with Crippen LogP contribution in [-0.2, 0) is 5.41 Å². The summed E-state index contributed by atoms with van der Waals surface area (Å²) in [4.78, 5) is 7.07. The molecule has 1 aromatic heterocycles. The minimum Gasteiger partial charge on any atom is -0.311 e. The first kappa shape index (κ1) is 48.9. The van der Waals surface area contributed by atoms with Crippen molar-refractivity contribution in [3.8, 4) is 50.3 Å². The Balaban J connectivity index is 0.878. The molecule has 0 radical (unpaired) electrons. The smallest absolute Gasteiger partial charge is 0.0619 e. The third-order valence-electron chi connectivity index (χ3n) is 16.2. The minimum absolute atomic E-state index is 0.128. The van der Waals surface area contributed by atoms with Gasteiger partial charge in [0.25, 0.3) is 0 Å². The molecule has 0 saturated heterocycles. The van der Waals surface area contributed by atoms with Gasteiger partial charge in [-0.1, -0.05) is 196 Å². The second-order valence-corrected chi connectivity index (χ2v) is 21.4. The zero-order valence-electron chi connectivity index (χ0n) is 45.3. The number of hydrogen-bond donors (Lipinski definition) is 0. The molecule has 386 valence electrons. The maximum atomic E-state index is 2.43. The van der Waals surface area contributed by atoms with E-state index in [0.717, 1.165) is 73.5 Å². The second kappa shape index (κ2) is 20.8. The van der Waals surface area contributed by atoms with E-state index in [1.807, 2.05) is 0 Å². The van der Waals surface area contributed by atoms with Crippen LogP contribution in [0.25, 0.3) is 61.2 Å². The molecule has 81 heavy (non-hydrogen) atoms. The van der Waals surface area contributed by atoms with Crippen molar-refractivity contribution < 1.29 is 0 Å². The van der Waals surface area contributed by atoms with Gasteiger partial charge in [0.1, 0.15) is 0 Å². The van der Waals surface area contributed by atoms with Crippen molar-refractivity contribution in [3.63, 3.8) is 0 Å². The number of nitrogens with zero attached hydrogens (tertiary/aromatic N) is 4. The summed E-state index contributed by atoms with van der Waals surface area (Å²) in [6, 6.07) is 114. The van der Waals surface area contributed by atoms with E-state index in [9.17, 15) is 0 Å². The molecule has 1 aliphatic rings. The first-order chi connectivity index (χ1) is 40.0. The third kappa shape index (κ3) is 8.94. The lowest BCUT2D eigenvalue weighted by Gasteiger charge is -2.30. The van der Waals surface area contributed by atoms with Gasteiger partial charge in [-0.05, 0) is 178 Å². The highest BCUT2D eigenvalue weighted by atomic mass is 15.2. The molecule has 0 unspecified atom stereocenters. The Morgan fingerprint density at radius 1 is 0.272 bits per heavy atom. The quantitative estimate of drug-likeness (QED) is 0.114. The van der Waals surface area contributed by atoms with Crippen LogP contribution in [0.15, 0.2) is 315 Å². The predicted molar refractivity (Wildman–Crippen MR) is 341 cm³/mol. The first-order valence-electron chi connectivity index (χ1n) is 27.9. The number of anilines is 9. The van der Waals surface area contributed by atoms with Gasteiger partial charge < -0.3 is 19.3 Å². The molecule has 0 fully saturated rings. The number of hydrogen-bond acceptors (Lipinski definition) is 3. The fraction of sp³-hybridized carbons (Fsp3) is 0.0390. The monoisotopic (exact) mass is 1040 g/mol. The van der Waals surface area contributed by atoms with Crippen LogP contribution in [0.1, 0.15) is 25.0 Å². The molecule has 1 heterocycles. The Kier molecular flexibility index (Phi) is 12.5. The SMILES string of the molecule is CC1(C)c2ccccc2-c2ccc(N(c3ccccc3)c3ccc(N(c4ccc(-c5ccc6c(c5)c(-c5ccccc5)c(-c5ccccc5)n6-c5ccccc5)cc4)c4ccc(N(c5ccccc5)c5ccccc5)cc4)cc3)cc21. The Bertz CT molecular complexity index is 4270. The average Bonchev–Trinajstić information content (AvgIpc) is 3.77. The zero-order valence-corrected chi connectivity index (χ0v) is 45.3. The summed E-state index contributed by atoms with van der Waals surface area (Å²) in [6.45, 7) is 4.70. The highest BCUT2D eigenvalue weighted by Gasteiger charge is 2.36. The van der Waals surface area contributed by atoms with E-state index < -0.39 is 0 Å². The van der Waals surface area contributed by atoms with Crippen LogP contribution in [0.4, 0.5) is 51.2 Å². The summed E-state index contributed by atoms with van der Waals surface area (Å²) < 4.78 is 2.43. The van der Waals surface area contributed by atoms with Crippen LogP contribution in [-0.4, -0.2) is 4.57 Å². The summed E-state index contributed by atoms with van der Waals surface area (Å²) in [7, 11) is 0. The Hall–Kier alpha value is -10.4. The molecule has 0 N–H and O–H groups in total. The number of para-hydroxylation sites is 4. The average molecular weight is 1040 g/mol. The molecule has 0 atom stereocenters. The van der Waals surface area contributed by atoms with Gasteiger partial charge in [0, 0.05) is 73.2 Å². The van der Waals surface area contributed by atoms with Gasteiger partial charge in [-0.15, -0.1) is 0 Å². The summed E-state index contributed by atoms with van der Waals surface area (Å²) >= 11 is 0. The van der Waals surface area contributed by atoms with Gasteiger partial charge in [0.05, 0.1) is 11.2 Å². The van der Waals surface area contributed by atoms with Crippen LogP contribution < -0.4 is 14.7 Å². The number of benzene rings is 12. The Labute approximate surface area is 475 Å². The van der Waals surface area contributed by atoms with Crippen molar-refractivity contribution in [2.45, 2.75) is 19.3 Å². The summed E-state index contributed by atoms with van der Waals surface area (Å²) in [5.41, 5.74) is 24.2. The number of fused-ring (bicyclic) bond motifs is 4. The van der Waals surface area contributed by atoms with Gasteiger partial charge in [-0.2, -0.15) is 0 Å². The molecule has 1 aliphatic carbocycles. The molecule has 4 nitrogen and oxygen atoms in total. The Morgan fingerprint density at radius 3 is 1.15 bits per heavy atom. The normalized spacial score (nSPS) is 12.2. The number of rotatable bonds is 13. The predicted octanol–water partition coefficient (Wildman–Crippen LogP) is 21.3. The highest BCUT2D eigenvalue weighted by Crippen LogP contribution is 2.51. The molecule has 4 heteroatoms. The van der Waals surface area contributed by atoms with Crippen LogP contribution in [0.5, 0.6) is 0 Å². The fourth-order valence-electron chi connectivity index (χ4n) is 12.3. The second-order valence-electron chi connectivity index (χ2n) is 21.4. The van der Waals surface area contributed by atoms with Gasteiger partial charge >= 0.3 is 0 Å². The van der Waals surface area contributed by atoms with Gasteiger partial charge in [-0.25, -0.2) is 0 Å². The minimum atomic E-state index is -0.128. The van der Waals surface area contributed by atoms with Crippen LogP contribution in [0.3, 0.4) is 0 Å². The molecule has 0 bridgehead atoms. The van der Waals surface area contributed by atoms with Crippen molar-refractivity contribution in [3.05, 3.63) is 327 Å². The molecule has 12 aromatic carbocycles. The van der Waals surface area contributed by atoms with Crippen molar-refractivity contribution in [2.24, 2.45) is 0 Å². The summed E-state index contributed by atoms with van der Waals surface area (Å²) in [5.74, 6) is 0. The topological polar surface area (TPSA) is 14.7 Å². The third-order valence-corrected chi connectivity index (χ3v) is 16.2. The largest absolute Gasteiger partial charge is 0.311 e. The van der Waals surface area contributed by atoms with Crippen molar-refractivity contribution in [2.75, 3.05) is 14.7 Å². The van der Waals surface area contributed by atoms with E-state index in [-0.39, 0.29) is 5.41 Å². The molecule has 0 saturated carbocycles. The van der Waals surface area contributed by atoms with Crippen LogP contribution in [0.2, 0.25) is 0 Å². The van der Waals surface area contributed by atoms with Gasteiger partial charge in [0.15, 0.2) is 0 Å². The van der Waals surface area contributed by atoms with Gasteiger partial charge in [0.2, 0.25) is 0 Å². The van der Waals surface area contributed by atoms with Crippen molar-refractivity contribution >= 4 is 62.1 Å². The van der Waals surface area contributed by atoms with E-state index in [4.69, 9.17) is 0 Å². The first-order valence-corrected chi connectivity index (χ1v) is 27.9. The van der Waals surface area contributed by atoms with E-state index in [0.29, 0.717) is 0 Å². The maximum Gasteiger partial charge on any atom is 0.0619 e. The zero-order chi connectivity index (χ0) is 54.3. The van der Waals surface area contributed by atoms with Gasteiger partial charge in [-0.3, -0.25) is 0 Å². The molecule has 0 amide bonds. The molecule has 14 rings (SSSR count). The molecule has 13 aromatic rings.